The molecule has 0 spiro atoms. The van der Waals surface area contributed by atoms with Gasteiger partial charge in [-0.25, -0.2) is 5.48 Å². The van der Waals surface area contributed by atoms with Crippen LogP contribution in [0, 0.1) is 0 Å². The largest absolute Gasteiger partial charge is 0.481 e. The first-order valence-corrected chi connectivity index (χ1v) is 3.83. The maximum absolute atomic E-state index is 10.5. The topological polar surface area (TPSA) is 67.8 Å². The van der Waals surface area contributed by atoms with E-state index in [0.29, 0.717) is 19.6 Å². The lowest BCUT2D eigenvalue weighted by Gasteiger charge is -2.24. The van der Waals surface area contributed by atoms with Gasteiger partial charge < -0.3 is 9.84 Å². The Morgan fingerprint density at radius 3 is 3.00 bits per heavy atom. The molecule has 5 nitrogen and oxygen atoms in total. The normalized spacial score (nSPS) is 29.1. The van der Waals surface area contributed by atoms with Crippen molar-refractivity contribution >= 4 is 5.97 Å². The summed E-state index contributed by atoms with van der Waals surface area (Å²) in [6.45, 7) is 0.912. The summed E-state index contributed by atoms with van der Waals surface area (Å²) < 4.78 is 5.09. The highest BCUT2D eigenvalue weighted by molar-refractivity contribution is 5.68. The molecule has 0 aromatic heterocycles. The molecule has 70 valence electrons. The Morgan fingerprint density at radius 1 is 1.83 bits per heavy atom. The van der Waals surface area contributed by atoms with E-state index in [1.165, 1.54) is 0 Å². The molecule has 1 unspecified atom stereocenters. The van der Waals surface area contributed by atoms with Crippen LogP contribution in [0.25, 0.3) is 0 Å². The molecule has 1 aliphatic heterocycles. The molecular formula is C7H13NO4. The summed E-state index contributed by atoms with van der Waals surface area (Å²) >= 11 is 0. The van der Waals surface area contributed by atoms with E-state index in [9.17, 15) is 4.79 Å². The number of hydrogen-bond acceptors (Lipinski definition) is 4. The Hall–Kier alpha value is -0.650. The highest BCUT2D eigenvalue weighted by Gasteiger charge is 2.38. The molecule has 0 aliphatic carbocycles. The van der Waals surface area contributed by atoms with Crippen molar-refractivity contribution in [2.75, 3.05) is 20.3 Å². The quantitative estimate of drug-likeness (QED) is 0.578. The first kappa shape index (κ1) is 9.44. The summed E-state index contributed by atoms with van der Waals surface area (Å²) in [5.41, 5.74) is 1.85. The molecule has 1 fully saturated rings. The zero-order valence-electron chi connectivity index (χ0n) is 7.00. The van der Waals surface area contributed by atoms with Gasteiger partial charge in [0, 0.05) is 20.1 Å². The summed E-state index contributed by atoms with van der Waals surface area (Å²) in [6.07, 6.45) is 0.605. The van der Waals surface area contributed by atoms with Crippen LogP contribution in [0.2, 0.25) is 0 Å². The Balaban J connectivity index is 2.52. The van der Waals surface area contributed by atoms with Gasteiger partial charge in [0.05, 0.1) is 13.0 Å². The SMILES string of the molecule is CNOC1(CC(=O)O)CCOC1. The van der Waals surface area contributed by atoms with Crippen LogP contribution in [-0.4, -0.2) is 36.9 Å². The standard InChI is InChI=1S/C7H13NO4/c1-8-12-7(4-6(9)10)2-3-11-5-7/h8H,2-5H2,1H3,(H,9,10). The molecule has 0 bridgehead atoms. The lowest BCUT2D eigenvalue weighted by molar-refractivity contribution is -0.152. The van der Waals surface area contributed by atoms with Crippen molar-refractivity contribution in [1.29, 1.82) is 0 Å². The van der Waals surface area contributed by atoms with Gasteiger partial charge in [-0.15, -0.1) is 0 Å². The number of aliphatic carboxylic acids is 1. The van der Waals surface area contributed by atoms with Gasteiger partial charge in [0.1, 0.15) is 5.60 Å². The molecule has 5 heteroatoms. The van der Waals surface area contributed by atoms with Gasteiger partial charge >= 0.3 is 5.97 Å². The van der Waals surface area contributed by atoms with Gasteiger partial charge in [-0.1, -0.05) is 0 Å². The lowest BCUT2D eigenvalue weighted by Crippen LogP contribution is -2.39. The van der Waals surface area contributed by atoms with Gasteiger partial charge in [-0.3, -0.25) is 9.63 Å². The number of rotatable bonds is 4. The minimum atomic E-state index is -0.865. The molecule has 0 radical (unpaired) electrons. The number of hydroxylamine groups is 1. The molecule has 1 atom stereocenters. The summed E-state index contributed by atoms with van der Waals surface area (Å²) in [6, 6.07) is 0. The second-order valence-corrected chi connectivity index (χ2v) is 2.86. The van der Waals surface area contributed by atoms with Gasteiger partial charge in [0.2, 0.25) is 0 Å². The maximum atomic E-state index is 10.5. The molecule has 0 aromatic carbocycles. The van der Waals surface area contributed by atoms with Crippen LogP contribution >= 0.6 is 0 Å². The van der Waals surface area contributed by atoms with E-state index in [1.54, 1.807) is 7.05 Å². The third-order valence-corrected chi connectivity index (χ3v) is 1.86. The third kappa shape index (κ3) is 2.17. The Kier molecular flexibility index (Phi) is 3.02. The lowest BCUT2D eigenvalue weighted by atomic mass is 9.99. The summed E-state index contributed by atoms with van der Waals surface area (Å²) in [7, 11) is 1.61. The smallest absolute Gasteiger partial charge is 0.306 e. The summed E-state index contributed by atoms with van der Waals surface area (Å²) in [4.78, 5) is 15.6. The molecule has 0 saturated carbocycles. The van der Waals surface area contributed by atoms with Crippen LogP contribution < -0.4 is 5.48 Å². The average Bonchev–Trinajstić information content (AvgIpc) is 2.36. The fraction of sp³-hybridized carbons (Fsp3) is 0.857. The number of hydrogen-bond donors (Lipinski definition) is 2. The number of nitrogens with one attached hydrogen (secondary N) is 1. The Morgan fingerprint density at radius 2 is 2.58 bits per heavy atom. The molecule has 0 amide bonds. The van der Waals surface area contributed by atoms with E-state index in [0.717, 1.165) is 0 Å². The number of ether oxygens (including phenoxy) is 1. The van der Waals surface area contributed by atoms with Gasteiger partial charge in [-0.05, 0) is 0 Å². The number of carbonyl (C=O) groups is 1. The highest BCUT2D eigenvalue weighted by Crippen LogP contribution is 2.25. The molecule has 1 aliphatic rings. The van der Waals surface area contributed by atoms with Crippen LogP contribution in [0.1, 0.15) is 12.8 Å². The first-order valence-electron chi connectivity index (χ1n) is 3.83. The predicted octanol–water partition coefficient (Wildman–Crippen LogP) is -0.229. The number of carboxylic acids is 1. The van der Waals surface area contributed by atoms with E-state index in [2.05, 4.69) is 5.48 Å². The van der Waals surface area contributed by atoms with Crippen molar-refractivity contribution < 1.29 is 19.5 Å². The van der Waals surface area contributed by atoms with E-state index >= 15 is 0 Å². The minimum Gasteiger partial charge on any atom is -0.481 e. The predicted molar refractivity (Wildman–Crippen MR) is 40.6 cm³/mol. The zero-order valence-corrected chi connectivity index (χ0v) is 7.00. The Bertz CT molecular complexity index is 165. The summed E-state index contributed by atoms with van der Waals surface area (Å²) in [5, 5.41) is 8.60. The molecule has 12 heavy (non-hydrogen) atoms. The molecule has 1 heterocycles. The van der Waals surface area contributed by atoms with Crippen molar-refractivity contribution in [1.82, 2.24) is 5.48 Å². The monoisotopic (exact) mass is 175 g/mol. The maximum Gasteiger partial charge on any atom is 0.306 e. The van der Waals surface area contributed by atoms with Gasteiger partial charge in [0.15, 0.2) is 0 Å². The van der Waals surface area contributed by atoms with Crippen LogP contribution in [0.3, 0.4) is 0 Å². The second-order valence-electron chi connectivity index (χ2n) is 2.86. The van der Waals surface area contributed by atoms with Crippen LogP contribution in [0.15, 0.2) is 0 Å². The van der Waals surface area contributed by atoms with E-state index in [4.69, 9.17) is 14.7 Å². The average molecular weight is 175 g/mol. The number of carboxylic acid groups (broad SMARTS) is 1. The van der Waals surface area contributed by atoms with E-state index < -0.39 is 11.6 Å². The van der Waals surface area contributed by atoms with Crippen molar-refractivity contribution in [2.24, 2.45) is 0 Å². The Labute approximate surface area is 70.6 Å². The minimum absolute atomic E-state index is 0.0200. The van der Waals surface area contributed by atoms with Crippen molar-refractivity contribution in [3.05, 3.63) is 0 Å². The third-order valence-electron chi connectivity index (χ3n) is 1.86. The molecule has 2 N–H and O–H groups in total. The molecular weight excluding hydrogens is 162 g/mol. The molecule has 1 saturated heterocycles. The van der Waals surface area contributed by atoms with Crippen LogP contribution in [0.5, 0.6) is 0 Å². The second kappa shape index (κ2) is 3.84. The van der Waals surface area contributed by atoms with Crippen molar-refractivity contribution in [2.45, 2.75) is 18.4 Å². The van der Waals surface area contributed by atoms with E-state index in [1.807, 2.05) is 0 Å². The summed E-state index contributed by atoms with van der Waals surface area (Å²) in [5.74, 6) is -0.865. The van der Waals surface area contributed by atoms with Crippen molar-refractivity contribution in [3.63, 3.8) is 0 Å². The first-order chi connectivity index (χ1) is 5.68. The molecule has 1 rings (SSSR count). The van der Waals surface area contributed by atoms with Gasteiger partial charge in [-0.2, -0.15) is 0 Å². The van der Waals surface area contributed by atoms with Crippen molar-refractivity contribution in [3.8, 4) is 0 Å². The fourth-order valence-corrected chi connectivity index (χ4v) is 1.34. The van der Waals surface area contributed by atoms with Crippen LogP contribution in [0.4, 0.5) is 0 Å². The van der Waals surface area contributed by atoms with Gasteiger partial charge in [0.25, 0.3) is 0 Å². The highest BCUT2D eigenvalue weighted by atomic mass is 16.7. The zero-order chi connectivity index (χ0) is 9.03. The fourth-order valence-electron chi connectivity index (χ4n) is 1.34. The van der Waals surface area contributed by atoms with E-state index in [-0.39, 0.29) is 6.42 Å². The molecule has 0 aromatic rings. The van der Waals surface area contributed by atoms with Crippen LogP contribution in [-0.2, 0) is 14.4 Å².